The van der Waals surface area contributed by atoms with Crippen molar-refractivity contribution in [1.82, 2.24) is 0 Å². The molecule has 0 bridgehead atoms. The second-order valence-electron chi connectivity index (χ2n) is 6.58. The standard InChI is InChI=1S/C21H20O6/c1-10-5-16(23)19(26)8-13(10)21(12-3-4-15(22)18(25)7-12)14-9-20(27)17(24)6-11(14)2/h3-9,21-27H,1-2H3. The minimum atomic E-state index is -0.547. The summed E-state index contributed by atoms with van der Waals surface area (Å²) in [5.41, 5.74) is 3.20. The Balaban J connectivity index is 2.32. The van der Waals surface area contributed by atoms with Crippen LogP contribution in [-0.4, -0.2) is 30.6 Å². The van der Waals surface area contributed by atoms with Gasteiger partial charge in [0, 0.05) is 5.92 Å². The van der Waals surface area contributed by atoms with Crippen LogP contribution in [0.25, 0.3) is 0 Å². The highest BCUT2D eigenvalue weighted by molar-refractivity contribution is 5.58. The third-order valence-electron chi connectivity index (χ3n) is 4.68. The maximum Gasteiger partial charge on any atom is 0.157 e. The summed E-state index contributed by atoms with van der Waals surface area (Å²) in [4.78, 5) is 0. The molecule has 0 saturated carbocycles. The molecule has 140 valence electrons. The van der Waals surface area contributed by atoms with Gasteiger partial charge in [-0.25, -0.2) is 0 Å². The first-order valence-corrected chi connectivity index (χ1v) is 8.26. The number of phenols is 6. The Bertz CT molecular complexity index is 968. The molecule has 0 aliphatic rings. The van der Waals surface area contributed by atoms with Gasteiger partial charge in [-0.1, -0.05) is 6.07 Å². The monoisotopic (exact) mass is 368 g/mol. The topological polar surface area (TPSA) is 121 Å². The van der Waals surface area contributed by atoms with Crippen molar-refractivity contribution < 1.29 is 30.6 Å². The minimum Gasteiger partial charge on any atom is -0.504 e. The van der Waals surface area contributed by atoms with Crippen LogP contribution in [0.2, 0.25) is 0 Å². The first kappa shape index (κ1) is 18.3. The van der Waals surface area contributed by atoms with E-state index in [-0.39, 0.29) is 34.5 Å². The molecule has 0 heterocycles. The molecule has 0 fully saturated rings. The largest absolute Gasteiger partial charge is 0.504 e. The maximum absolute atomic E-state index is 10.0. The number of rotatable bonds is 3. The number of benzene rings is 3. The molecule has 6 heteroatoms. The van der Waals surface area contributed by atoms with E-state index in [0.717, 1.165) is 0 Å². The van der Waals surface area contributed by atoms with Crippen molar-refractivity contribution >= 4 is 0 Å². The van der Waals surface area contributed by atoms with Crippen molar-refractivity contribution in [3.8, 4) is 34.5 Å². The van der Waals surface area contributed by atoms with Gasteiger partial charge in [0.25, 0.3) is 0 Å². The van der Waals surface area contributed by atoms with Crippen molar-refractivity contribution in [2.75, 3.05) is 0 Å². The van der Waals surface area contributed by atoms with E-state index in [4.69, 9.17) is 0 Å². The fraction of sp³-hybridized carbons (Fsp3) is 0.143. The number of aromatic hydroxyl groups is 6. The molecule has 0 aromatic heterocycles. The number of hydrogen-bond donors (Lipinski definition) is 6. The van der Waals surface area contributed by atoms with Crippen LogP contribution in [0, 0.1) is 13.8 Å². The first-order valence-electron chi connectivity index (χ1n) is 8.26. The Morgan fingerprint density at radius 1 is 0.519 bits per heavy atom. The van der Waals surface area contributed by atoms with Crippen LogP contribution in [0.1, 0.15) is 33.7 Å². The molecule has 0 saturated heterocycles. The molecule has 0 spiro atoms. The zero-order valence-electron chi connectivity index (χ0n) is 14.8. The number of aryl methyl sites for hydroxylation is 2. The van der Waals surface area contributed by atoms with Gasteiger partial charge in [0.05, 0.1) is 0 Å². The highest BCUT2D eigenvalue weighted by atomic mass is 16.3. The molecule has 3 aromatic rings. The van der Waals surface area contributed by atoms with Gasteiger partial charge in [-0.05, 0) is 78.1 Å². The molecule has 6 N–H and O–H groups in total. The van der Waals surface area contributed by atoms with Crippen LogP contribution in [0.3, 0.4) is 0 Å². The van der Waals surface area contributed by atoms with E-state index in [1.54, 1.807) is 19.9 Å². The van der Waals surface area contributed by atoms with Crippen LogP contribution >= 0.6 is 0 Å². The summed E-state index contributed by atoms with van der Waals surface area (Å²) in [5.74, 6) is -2.24. The normalized spacial score (nSPS) is 11.1. The van der Waals surface area contributed by atoms with Crippen molar-refractivity contribution in [1.29, 1.82) is 0 Å². The molecule has 0 amide bonds. The average Bonchev–Trinajstić information content (AvgIpc) is 2.60. The molecule has 0 unspecified atom stereocenters. The molecule has 0 aliphatic heterocycles. The zero-order chi connectivity index (χ0) is 19.9. The highest BCUT2D eigenvalue weighted by Crippen LogP contribution is 2.43. The Labute approximate surface area is 155 Å². The van der Waals surface area contributed by atoms with Gasteiger partial charge < -0.3 is 30.6 Å². The average molecular weight is 368 g/mol. The van der Waals surface area contributed by atoms with Crippen LogP contribution in [-0.2, 0) is 0 Å². The van der Waals surface area contributed by atoms with Gasteiger partial charge in [-0.15, -0.1) is 0 Å². The quantitative estimate of drug-likeness (QED) is 0.310. The lowest BCUT2D eigenvalue weighted by atomic mass is 9.81. The summed E-state index contributed by atoms with van der Waals surface area (Å²) in [6.45, 7) is 3.52. The van der Waals surface area contributed by atoms with E-state index in [1.165, 1.54) is 36.4 Å². The van der Waals surface area contributed by atoms with E-state index in [1.807, 2.05) is 0 Å². The summed E-state index contributed by atoms with van der Waals surface area (Å²) in [5, 5.41) is 59.1. The molecule has 0 atom stereocenters. The van der Waals surface area contributed by atoms with E-state index >= 15 is 0 Å². The molecule has 3 rings (SSSR count). The highest BCUT2D eigenvalue weighted by Gasteiger charge is 2.24. The maximum atomic E-state index is 10.0. The zero-order valence-corrected chi connectivity index (χ0v) is 14.8. The Kier molecular flexibility index (Phi) is 4.49. The van der Waals surface area contributed by atoms with E-state index in [2.05, 4.69) is 0 Å². The Hall–Kier alpha value is -3.54. The van der Waals surface area contributed by atoms with E-state index < -0.39 is 5.92 Å². The van der Waals surface area contributed by atoms with Crippen molar-refractivity contribution in [2.45, 2.75) is 19.8 Å². The van der Waals surface area contributed by atoms with Gasteiger partial charge in [0.15, 0.2) is 34.5 Å². The summed E-state index contributed by atoms with van der Waals surface area (Å²) in [6, 6.07) is 10.0. The van der Waals surface area contributed by atoms with E-state index in [0.29, 0.717) is 27.8 Å². The molecule has 27 heavy (non-hydrogen) atoms. The van der Waals surface area contributed by atoms with Crippen LogP contribution in [0.15, 0.2) is 42.5 Å². The van der Waals surface area contributed by atoms with E-state index in [9.17, 15) is 30.6 Å². The molecule has 0 radical (unpaired) electrons. The number of phenolic OH excluding ortho intramolecular Hbond substituents is 6. The third-order valence-corrected chi connectivity index (χ3v) is 4.68. The minimum absolute atomic E-state index is 0.256. The predicted molar refractivity (Wildman–Crippen MR) is 99.7 cm³/mol. The van der Waals surface area contributed by atoms with Gasteiger partial charge in [0.2, 0.25) is 0 Å². The molecule has 6 nitrogen and oxygen atoms in total. The smallest absolute Gasteiger partial charge is 0.157 e. The predicted octanol–water partition coefficient (Wildman–Crippen LogP) is 3.72. The lowest BCUT2D eigenvalue weighted by Crippen LogP contribution is -2.07. The Morgan fingerprint density at radius 3 is 1.37 bits per heavy atom. The van der Waals surface area contributed by atoms with Gasteiger partial charge in [0.1, 0.15) is 0 Å². The molecule has 0 aliphatic carbocycles. The fourth-order valence-corrected chi connectivity index (χ4v) is 3.26. The second kappa shape index (κ2) is 6.64. The van der Waals surface area contributed by atoms with Crippen molar-refractivity contribution in [2.24, 2.45) is 0 Å². The van der Waals surface area contributed by atoms with Gasteiger partial charge in [-0.2, -0.15) is 0 Å². The van der Waals surface area contributed by atoms with Crippen LogP contribution in [0.4, 0.5) is 0 Å². The second-order valence-corrected chi connectivity index (χ2v) is 6.58. The van der Waals surface area contributed by atoms with Crippen LogP contribution in [0.5, 0.6) is 34.5 Å². The third kappa shape index (κ3) is 3.29. The lowest BCUT2D eigenvalue weighted by Gasteiger charge is -2.24. The van der Waals surface area contributed by atoms with Crippen molar-refractivity contribution in [3.63, 3.8) is 0 Å². The summed E-state index contributed by atoms with van der Waals surface area (Å²) in [6.07, 6.45) is 0. The first-order chi connectivity index (χ1) is 12.7. The number of hydrogen-bond acceptors (Lipinski definition) is 6. The lowest BCUT2D eigenvalue weighted by molar-refractivity contribution is 0.401. The molecule has 3 aromatic carbocycles. The van der Waals surface area contributed by atoms with Gasteiger partial charge in [-0.3, -0.25) is 0 Å². The molecular weight excluding hydrogens is 348 g/mol. The fourth-order valence-electron chi connectivity index (χ4n) is 3.26. The van der Waals surface area contributed by atoms with Gasteiger partial charge >= 0.3 is 0 Å². The Morgan fingerprint density at radius 2 is 0.926 bits per heavy atom. The summed E-state index contributed by atoms with van der Waals surface area (Å²) in [7, 11) is 0. The van der Waals surface area contributed by atoms with Crippen LogP contribution < -0.4 is 0 Å². The SMILES string of the molecule is Cc1cc(O)c(O)cc1C(c1ccc(O)c(O)c1)c1cc(O)c(O)cc1C. The summed E-state index contributed by atoms with van der Waals surface area (Å²) < 4.78 is 0. The van der Waals surface area contributed by atoms with Crippen molar-refractivity contribution in [3.05, 3.63) is 70.3 Å². The summed E-state index contributed by atoms with van der Waals surface area (Å²) >= 11 is 0. The molecular formula is C21H20O6.